The third-order valence-electron chi connectivity index (χ3n) is 4.34. The predicted octanol–water partition coefficient (Wildman–Crippen LogP) is 4.27. The van der Waals surface area contributed by atoms with Crippen LogP contribution < -0.4 is 5.32 Å². The molecule has 1 saturated heterocycles. The summed E-state index contributed by atoms with van der Waals surface area (Å²) in [5.74, 6) is 0. The normalized spacial score (nSPS) is 15.5. The number of thiophene rings is 1. The molecule has 1 aromatic carbocycles. The van der Waals surface area contributed by atoms with E-state index in [-0.39, 0.29) is 0 Å². The Kier molecular flexibility index (Phi) is 6.11. The number of thiocarbonyl (C=S) groups is 1. The number of anilines is 1. The average Bonchev–Trinajstić information content (AvgIpc) is 3.09. The molecule has 0 radical (unpaired) electrons. The molecular formula is C18H22ClN3S2. The molecule has 2 heterocycles. The van der Waals surface area contributed by atoms with E-state index in [0.717, 1.165) is 60.5 Å². The number of hydrogen-bond donors (Lipinski definition) is 1. The summed E-state index contributed by atoms with van der Waals surface area (Å²) in [5, 5.41) is 7.06. The van der Waals surface area contributed by atoms with Gasteiger partial charge in [0.2, 0.25) is 0 Å². The Morgan fingerprint density at radius 3 is 2.71 bits per heavy atom. The first-order valence-electron chi connectivity index (χ1n) is 8.18. The lowest BCUT2D eigenvalue weighted by Gasteiger charge is -2.36. The van der Waals surface area contributed by atoms with E-state index in [4.69, 9.17) is 23.8 Å². The minimum atomic E-state index is 0.753. The summed E-state index contributed by atoms with van der Waals surface area (Å²) in [6, 6.07) is 10.2. The summed E-state index contributed by atoms with van der Waals surface area (Å²) in [6.45, 7) is 7.25. The molecule has 3 nitrogen and oxygen atoms in total. The average molecular weight is 380 g/mol. The van der Waals surface area contributed by atoms with Crippen LogP contribution in [0.15, 0.2) is 35.7 Å². The number of nitrogens with one attached hydrogen (secondary N) is 1. The third kappa shape index (κ3) is 4.70. The Hall–Kier alpha value is -1.14. The van der Waals surface area contributed by atoms with Gasteiger partial charge in [0.1, 0.15) is 0 Å². The molecule has 0 aliphatic carbocycles. The first-order valence-corrected chi connectivity index (χ1v) is 9.85. The van der Waals surface area contributed by atoms with Gasteiger partial charge in [-0.25, -0.2) is 0 Å². The molecule has 0 saturated carbocycles. The van der Waals surface area contributed by atoms with Gasteiger partial charge in [-0.2, -0.15) is 0 Å². The fourth-order valence-electron chi connectivity index (χ4n) is 2.86. The number of nitrogens with zero attached hydrogens (tertiary/aromatic N) is 2. The summed E-state index contributed by atoms with van der Waals surface area (Å²) in [5.41, 5.74) is 2.14. The van der Waals surface area contributed by atoms with Crippen LogP contribution in [0.5, 0.6) is 0 Å². The Balaban J connectivity index is 1.46. The number of rotatable bonds is 4. The van der Waals surface area contributed by atoms with Crippen molar-refractivity contribution < 1.29 is 0 Å². The molecule has 0 bridgehead atoms. The quantitative estimate of drug-likeness (QED) is 0.799. The van der Waals surface area contributed by atoms with Gasteiger partial charge >= 0.3 is 0 Å². The van der Waals surface area contributed by atoms with E-state index in [9.17, 15) is 0 Å². The van der Waals surface area contributed by atoms with Gasteiger partial charge in [-0.05, 0) is 60.8 Å². The van der Waals surface area contributed by atoms with Crippen LogP contribution >= 0.6 is 35.2 Å². The van der Waals surface area contributed by atoms with Gasteiger partial charge in [-0.15, -0.1) is 11.3 Å². The van der Waals surface area contributed by atoms with Gasteiger partial charge in [0.25, 0.3) is 0 Å². The van der Waals surface area contributed by atoms with Crippen molar-refractivity contribution in [3.63, 3.8) is 0 Å². The summed E-state index contributed by atoms with van der Waals surface area (Å²) >= 11 is 13.4. The summed E-state index contributed by atoms with van der Waals surface area (Å²) in [7, 11) is 0. The Morgan fingerprint density at radius 2 is 2.04 bits per heavy atom. The second-order valence-electron chi connectivity index (χ2n) is 6.05. The van der Waals surface area contributed by atoms with Crippen molar-refractivity contribution in [3.8, 4) is 0 Å². The molecule has 0 unspecified atom stereocenters. The van der Waals surface area contributed by atoms with Crippen LogP contribution in [0.1, 0.15) is 10.4 Å². The van der Waals surface area contributed by atoms with E-state index in [1.807, 2.05) is 36.5 Å². The van der Waals surface area contributed by atoms with Crippen LogP contribution in [0.4, 0.5) is 5.69 Å². The summed E-state index contributed by atoms with van der Waals surface area (Å²) in [4.78, 5) is 6.24. The number of piperazine rings is 1. The molecule has 3 rings (SSSR count). The summed E-state index contributed by atoms with van der Waals surface area (Å²) < 4.78 is 0. The van der Waals surface area contributed by atoms with E-state index in [2.05, 4.69) is 32.6 Å². The maximum Gasteiger partial charge on any atom is 0.173 e. The second-order valence-corrected chi connectivity index (χ2v) is 7.90. The molecule has 0 atom stereocenters. The molecule has 0 amide bonds. The van der Waals surface area contributed by atoms with E-state index in [1.54, 1.807) is 0 Å². The lowest BCUT2D eigenvalue weighted by molar-refractivity contribution is 0.186. The molecule has 24 heavy (non-hydrogen) atoms. The zero-order valence-electron chi connectivity index (χ0n) is 13.8. The van der Waals surface area contributed by atoms with Gasteiger partial charge in [-0.1, -0.05) is 17.7 Å². The molecular weight excluding hydrogens is 358 g/mol. The largest absolute Gasteiger partial charge is 0.346 e. The number of aryl methyl sites for hydroxylation is 1. The minimum absolute atomic E-state index is 0.753. The van der Waals surface area contributed by atoms with Crippen molar-refractivity contribution in [2.45, 2.75) is 13.3 Å². The van der Waals surface area contributed by atoms with Crippen molar-refractivity contribution in [1.29, 1.82) is 0 Å². The van der Waals surface area contributed by atoms with Crippen molar-refractivity contribution in [3.05, 3.63) is 51.2 Å². The number of benzene rings is 1. The number of halogens is 1. The highest BCUT2D eigenvalue weighted by molar-refractivity contribution is 7.80. The molecule has 2 aromatic rings. The smallest absolute Gasteiger partial charge is 0.173 e. The molecule has 1 N–H and O–H groups in total. The minimum Gasteiger partial charge on any atom is -0.346 e. The van der Waals surface area contributed by atoms with Crippen LogP contribution in [-0.2, 0) is 6.42 Å². The van der Waals surface area contributed by atoms with E-state index in [0.29, 0.717) is 0 Å². The molecule has 1 aromatic heterocycles. The second kappa shape index (κ2) is 8.30. The SMILES string of the molecule is Cc1cc(Cl)ccc1NC(=S)N1CCN(CCc2cccs2)CC1. The Labute approximate surface area is 158 Å². The Bertz CT molecular complexity index is 680. The third-order valence-corrected chi connectivity index (χ3v) is 5.88. The fraction of sp³-hybridized carbons (Fsp3) is 0.389. The van der Waals surface area contributed by atoms with Crippen LogP contribution in [0.3, 0.4) is 0 Å². The van der Waals surface area contributed by atoms with Gasteiger partial charge in [0.05, 0.1) is 0 Å². The highest BCUT2D eigenvalue weighted by Gasteiger charge is 2.19. The summed E-state index contributed by atoms with van der Waals surface area (Å²) in [6.07, 6.45) is 1.14. The first kappa shape index (κ1) is 17.7. The molecule has 128 valence electrons. The molecule has 6 heteroatoms. The van der Waals surface area contributed by atoms with Crippen LogP contribution in [-0.4, -0.2) is 47.6 Å². The standard InChI is InChI=1S/C18H22ClN3S2/c1-14-13-15(19)4-5-17(14)20-18(23)22-10-8-21(9-11-22)7-6-16-3-2-12-24-16/h2-5,12-13H,6-11H2,1H3,(H,20,23). The van der Waals surface area contributed by atoms with E-state index >= 15 is 0 Å². The van der Waals surface area contributed by atoms with Gasteiger partial charge in [0, 0.05) is 48.3 Å². The van der Waals surface area contributed by atoms with Crippen molar-refractivity contribution in [1.82, 2.24) is 9.80 Å². The van der Waals surface area contributed by atoms with Crippen molar-refractivity contribution in [2.24, 2.45) is 0 Å². The van der Waals surface area contributed by atoms with Crippen molar-refractivity contribution in [2.75, 3.05) is 38.0 Å². The molecule has 1 fully saturated rings. The highest BCUT2D eigenvalue weighted by Crippen LogP contribution is 2.20. The lowest BCUT2D eigenvalue weighted by atomic mass is 10.2. The highest BCUT2D eigenvalue weighted by atomic mass is 35.5. The van der Waals surface area contributed by atoms with E-state index < -0.39 is 0 Å². The van der Waals surface area contributed by atoms with Crippen molar-refractivity contribution >= 4 is 46.0 Å². The molecule has 1 aliphatic rings. The number of hydrogen-bond acceptors (Lipinski definition) is 3. The van der Waals surface area contributed by atoms with Gasteiger partial charge < -0.3 is 10.2 Å². The molecule has 0 spiro atoms. The van der Waals surface area contributed by atoms with Crippen LogP contribution in [0.25, 0.3) is 0 Å². The maximum atomic E-state index is 6.01. The lowest BCUT2D eigenvalue weighted by Crippen LogP contribution is -2.50. The maximum absolute atomic E-state index is 6.01. The Morgan fingerprint density at radius 1 is 1.25 bits per heavy atom. The van der Waals surface area contributed by atoms with E-state index in [1.165, 1.54) is 4.88 Å². The zero-order chi connectivity index (χ0) is 16.9. The monoisotopic (exact) mass is 379 g/mol. The van der Waals surface area contributed by atoms with Crippen LogP contribution in [0.2, 0.25) is 5.02 Å². The predicted molar refractivity (Wildman–Crippen MR) is 108 cm³/mol. The zero-order valence-corrected chi connectivity index (χ0v) is 16.2. The van der Waals surface area contributed by atoms with Gasteiger partial charge in [0.15, 0.2) is 5.11 Å². The fourth-order valence-corrected chi connectivity index (χ4v) is 4.08. The molecule has 1 aliphatic heterocycles. The first-order chi connectivity index (χ1) is 11.6. The topological polar surface area (TPSA) is 18.5 Å². The van der Waals surface area contributed by atoms with Gasteiger partial charge in [-0.3, -0.25) is 4.90 Å². The van der Waals surface area contributed by atoms with Crippen LogP contribution in [0, 0.1) is 6.92 Å².